The SMILES string of the molecule is CCOc1ccc2[nH]c(=O)c(C(c3nnnn3Cc3ccc(OC)cc3)N3CCc4ccccc4C3)cc2c1. The van der Waals surface area contributed by atoms with Crippen molar-refractivity contribution in [1.29, 1.82) is 0 Å². The number of aromatic amines is 1. The number of hydrogen-bond donors (Lipinski definition) is 1. The van der Waals surface area contributed by atoms with E-state index in [1.54, 1.807) is 11.8 Å². The highest BCUT2D eigenvalue weighted by Gasteiger charge is 2.32. The third-order valence-electron chi connectivity index (χ3n) is 7.27. The molecule has 3 aromatic carbocycles. The molecule has 0 spiro atoms. The van der Waals surface area contributed by atoms with Crippen LogP contribution in [0.25, 0.3) is 10.9 Å². The van der Waals surface area contributed by atoms with Crippen molar-refractivity contribution in [2.75, 3.05) is 20.3 Å². The molecule has 0 bridgehead atoms. The molecule has 198 valence electrons. The monoisotopic (exact) mass is 522 g/mol. The maximum atomic E-state index is 13.6. The molecule has 3 heterocycles. The molecule has 1 aliphatic rings. The summed E-state index contributed by atoms with van der Waals surface area (Å²) in [5, 5.41) is 13.8. The lowest BCUT2D eigenvalue weighted by Gasteiger charge is -2.34. The van der Waals surface area contributed by atoms with Gasteiger partial charge in [-0.2, -0.15) is 0 Å². The zero-order valence-corrected chi connectivity index (χ0v) is 22.0. The van der Waals surface area contributed by atoms with Gasteiger partial charge in [0.2, 0.25) is 0 Å². The van der Waals surface area contributed by atoms with Gasteiger partial charge in [-0.05, 0) is 76.9 Å². The molecule has 5 aromatic rings. The van der Waals surface area contributed by atoms with Gasteiger partial charge in [-0.3, -0.25) is 9.69 Å². The summed E-state index contributed by atoms with van der Waals surface area (Å²) >= 11 is 0. The van der Waals surface area contributed by atoms with Crippen molar-refractivity contribution < 1.29 is 9.47 Å². The Hall–Kier alpha value is -4.50. The van der Waals surface area contributed by atoms with Gasteiger partial charge in [-0.25, -0.2) is 4.68 Å². The zero-order valence-electron chi connectivity index (χ0n) is 22.0. The Morgan fingerprint density at radius 3 is 2.59 bits per heavy atom. The highest BCUT2D eigenvalue weighted by atomic mass is 16.5. The largest absolute Gasteiger partial charge is 0.497 e. The lowest BCUT2D eigenvalue weighted by atomic mass is 9.96. The second-order valence-corrected chi connectivity index (χ2v) is 9.67. The number of rotatable bonds is 8. The van der Waals surface area contributed by atoms with E-state index in [1.807, 2.05) is 55.5 Å². The molecule has 0 aliphatic carbocycles. The lowest BCUT2D eigenvalue weighted by molar-refractivity contribution is 0.194. The van der Waals surface area contributed by atoms with Crippen LogP contribution in [0.3, 0.4) is 0 Å². The molecule has 2 aromatic heterocycles. The van der Waals surface area contributed by atoms with E-state index in [0.29, 0.717) is 31.1 Å². The van der Waals surface area contributed by atoms with Crippen LogP contribution in [0.1, 0.15) is 41.0 Å². The smallest absolute Gasteiger partial charge is 0.253 e. The van der Waals surface area contributed by atoms with Gasteiger partial charge in [0.05, 0.1) is 20.3 Å². The first-order valence-corrected chi connectivity index (χ1v) is 13.1. The third kappa shape index (κ3) is 5.00. The molecular formula is C30H30N6O3. The van der Waals surface area contributed by atoms with Crippen molar-refractivity contribution >= 4 is 10.9 Å². The minimum atomic E-state index is -0.449. The molecule has 0 amide bonds. The summed E-state index contributed by atoms with van der Waals surface area (Å²) in [5.74, 6) is 2.17. The summed E-state index contributed by atoms with van der Waals surface area (Å²) in [5.41, 5.74) is 4.81. The number of ether oxygens (including phenoxy) is 2. The van der Waals surface area contributed by atoms with E-state index in [-0.39, 0.29) is 5.56 Å². The first-order chi connectivity index (χ1) is 19.1. The molecule has 0 radical (unpaired) electrons. The van der Waals surface area contributed by atoms with Gasteiger partial charge in [0.25, 0.3) is 5.56 Å². The van der Waals surface area contributed by atoms with E-state index >= 15 is 0 Å². The number of fused-ring (bicyclic) bond motifs is 2. The zero-order chi connectivity index (χ0) is 26.8. The Morgan fingerprint density at radius 2 is 1.79 bits per heavy atom. The van der Waals surface area contributed by atoms with Crippen LogP contribution >= 0.6 is 0 Å². The minimum absolute atomic E-state index is 0.158. The number of tetrazole rings is 1. The summed E-state index contributed by atoms with van der Waals surface area (Å²) in [6.45, 7) is 4.44. The molecule has 1 atom stereocenters. The van der Waals surface area contributed by atoms with Gasteiger partial charge in [-0.1, -0.05) is 36.4 Å². The normalized spacial score (nSPS) is 14.2. The van der Waals surface area contributed by atoms with Crippen LogP contribution in [-0.4, -0.2) is 50.4 Å². The van der Waals surface area contributed by atoms with Crippen molar-refractivity contribution in [3.8, 4) is 11.5 Å². The molecular weight excluding hydrogens is 492 g/mol. The average molecular weight is 523 g/mol. The Bertz CT molecular complexity index is 1660. The van der Waals surface area contributed by atoms with Gasteiger partial charge in [0.15, 0.2) is 5.82 Å². The van der Waals surface area contributed by atoms with Crippen LogP contribution in [0.15, 0.2) is 77.6 Å². The fourth-order valence-electron chi connectivity index (χ4n) is 5.32. The second-order valence-electron chi connectivity index (χ2n) is 9.67. The summed E-state index contributed by atoms with van der Waals surface area (Å²) in [7, 11) is 1.65. The predicted octanol–water partition coefficient (Wildman–Crippen LogP) is 4.12. The number of nitrogens with one attached hydrogen (secondary N) is 1. The highest BCUT2D eigenvalue weighted by Crippen LogP contribution is 2.32. The Labute approximate surface area is 226 Å². The van der Waals surface area contributed by atoms with Gasteiger partial charge >= 0.3 is 0 Å². The maximum Gasteiger partial charge on any atom is 0.253 e. The van der Waals surface area contributed by atoms with Crippen molar-refractivity contribution in [2.45, 2.75) is 32.5 Å². The van der Waals surface area contributed by atoms with Gasteiger partial charge in [0.1, 0.15) is 17.5 Å². The molecule has 1 aliphatic heterocycles. The molecule has 39 heavy (non-hydrogen) atoms. The van der Waals surface area contributed by atoms with E-state index in [0.717, 1.165) is 40.9 Å². The summed E-state index contributed by atoms with van der Waals surface area (Å²) in [4.78, 5) is 19.0. The lowest BCUT2D eigenvalue weighted by Crippen LogP contribution is -2.38. The van der Waals surface area contributed by atoms with Crippen LogP contribution in [0.4, 0.5) is 0 Å². The number of hydrogen-bond acceptors (Lipinski definition) is 7. The molecule has 1 unspecified atom stereocenters. The van der Waals surface area contributed by atoms with Crippen LogP contribution in [0.2, 0.25) is 0 Å². The van der Waals surface area contributed by atoms with Crippen LogP contribution in [0, 0.1) is 0 Å². The number of aromatic nitrogens is 5. The van der Waals surface area contributed by atoms with Crippen molar-refractivity contribution in [2.24, 2.45) is 0 Å². The molecule has 6 rings (SSSR count). The summed E-state index contributed by atoms with van der Waals surface area (Å²) < 4.78 is 12.8. The molecule has 0 saturated carbocycles. The van der Waals surface area contributed by atoms with Crippen molar-refractivity contribution in [3.05, 3.63) is 111 Å². The number of pyridine rings is 1. The van der Waals surface area contributed by atoms with Gasteiger partial charge in [0, 0.05) is 29.6 Å². The third-order valence-corrected chi connectivity index (χ3v) is 7.27. The maximum absolute atomic E-state index is 13.6. The predicted molar refractivity (Wildman–Crippen MR) is 148 cm³/mol. The molecule has 1 N–H and O–H groups in total. The second kappa shape index (κ2) is 10.7. The number of benzene rings is 3. The van der Waals surface area contributed by atoms with Crippen molar-refractivity contribution in [3.63, 3.8) is 0 Å². The van der Waals surface area contributed by atoms with Crippen LogP contribution in [0.5, 0.6) is 11.5 Å². The summed E-state index contributed by atoms with van der Waals surface area (Å²) in [6, 6.07) is 23.5. The van der Waals surface area contributed by atoms with E-state index in [2.05, 4.69) is 49.7 Å². The van der Waals surface area contributed by atoms with Crippen LogP contribution in [-0.2, 0) is 19.5 Å². The first-order valence-electron chi connectivity index (χ1n) is 13.1. The quantitative estimate of drug-likeness (QED) is 0.327. The van der Waals surface area contributed by atoms with Gasteiger partial charge < -0.3 is 14.5 Å². The number of nitrogens with zero attached hydrogens (tertiary/aromatic N) is 5. The van der Waals surface area contributed by atoms with Gasteiger partial charge in [-0.15, -0.1) is 5.10 Å². The topological polar surface area (TPSA) is 98.2 Å². The highest BCUT2D eigenvalue weighted by molar-refractivity contribution is 5.80. The fraction of sp³-hybridized carbons (Fsp3) is 0.267. The first kappa shape index (κ1) is 24.8. The van der Waals surface area contributed by atoms with Crippen molar-refractivity contribution in [1.82, 2.24) is 30.1 Å². The number of methoxy groups -OCH3 is 1. The average Bonchev–Trinajstić information content (AvgIpc) is 3.41. The fourth-order valence-corrected chi connectivity index (χ4v) is 5.32. The molecule has 0 saturated heterocycles. The summed E-state index contributed by atoms with van der Waals surface area (Å²) in [6.07, 6.45) is 0.882. The van der Waals surface area contributed by atoms with E-state index < -0.39 is 6.04 Å². The minimum Gasteiger partial charge on any atom is -0.497 e. The van der Waals surface area contributed by atoms with Crippen LogP contribution < -0.4 is 15.0 Å². The van der Waals surface area contributed by atoms with E-state index in [4.69, 9.17) is 9.47 Å². The molecule has 9 heteroatoms. The Balaban J connectivity index is 1.45. The van der Waals surface area contributed by atoms with E-state index in [1.165, 1.54) is 11.1 Å². The standard InChI is InChI=1S/C30H30N6O3/c1-3-39-25-12-13-27-23(16-25)17-26(30(37)31-27)28(35-15-14-21-6-4-5-7-22(21)19-35)29-32-33-34-36(29)18-20-8-10-24(38-2)11-9-20/h4-13,16-17,28H,3,14-15,18-19H2,1-2H3,(H,31,37). The Morgan fingerprint density at radius 1 is 1.00 bits per heavy atom. The Kier molecular flexibility index (Phi) is 6.81. The molecule has 0 fully saturated rings. The van der Waals surface area contributed by atoms with E-state index in [9.17, 15) is 4.79 Å². The number of H-pyrrole nitrogens is 1. The molecule has 9 nitrogen and oxygen atoms in total.